The first-order valence-electron chi connectivity index (χ1n) is 7.28. The molecule has 0 aliphatic carbocycles. The van der Waals surface area contributed by atoms with E-state index in [1.165, 1.54) is 6.92 Å². The minimum atomic E-state index is -4.54. The molecule has 3 rings (SSSR count). The fourth-order valence-electron chi connectivity index (χ4n) is 2.78. The first-order valence-corrected chi connectivity index (χ1v) is 9.04. The van der Waals surface area contributed by atoms with Crippen molar-refractivity contribution >= 4 is 41.2 Å². The fourth-order valence-corrected chi connectivity index (χ4v) is 5.94. The SMILES string of the molecule is CC(O)C1C(=O)N2C(C(=O)O)=C(SC3CN=C(C(F)(F)F)NC3)S[C@H]12. The van der Waals surface area contributed by atoms with Crippen molar-refractivity contribution in [3.8, 4) is 0 Å². The number of aliphatic hydroxyl groups excluding tert-OH is 1. The molecule has 3 heterocycles. The predicted molar refractivity (Wildman–Crippen MR) is 85.8 cm³/mol. The molecular weight excluding hydrogens is 383 g/mol. The van der Waals surface area contributed by atoms with E-state index in [1.54, 1.807) is 0 Å². The summed E-state index contributed by atoms with van der Waals surface area (Å²) in [5, 5.41) is 20.4. The van der Waals surface area contributed by atoms with Crippen LogP contribution in [0.3, 0.4) is 0 Å². The Balaban J connectivity index is 1.74. The van der Waals surface area contributed by atoms with Gasteiger partial charge in [0.25, 0.3) is 0 Å². The number of alkyl halides is 3. The molecular formula is C13H14F3N3O4S2. The van der Waals surface area contributed by atoms with Gasteiger partial charge in [-0.1, -0.05) is 11.8 Å². The summed E-state index contributed by atoms with van der Waals surface area (Å²) in [5.41, 5.74) is -0.174. The second kappa shape index (κ2) is 6.40. The Labute approximate surface area is 148 Å². The van der Waals surface area contributed by atoms with Crippen molar-refractivity contribution in [1.82, 2.24) is 10.2 Å². The third-order valence-electron chi connectivity index (χ3n) is 3.96. The van der Waals surface area contributed by atoms with Gasteiger partial charge in [-0.15, -0.1) is 11.8 Å². The number of halogens is 3. The first-order chi connectivity index (χ1) is 11.6. The van der Waals surface area contributed by atoms with E-state index in [4.69, 9.17) is 0 Å². The summed E-state index contributed by atoms with van der Waals surface area (Å²) in [6.45, 7) is 1.34. The van der Waals surface area contributed by atoms with Crippen LogP contribution in [0.5, 0.6) is 0 Å². The van der Waals surface area contributed by atoms with Crippen LogP contribution >= 0.6 is 23.5 Å². The number of aliphatic carboxylic acids is 1. The number of hydrogen-bond donors (Lipinski definition) is 3. The number of carboxylic acid groups (broad SMARTS) is 1. The molecule has 1 fully saturated rings. The summed E-state index contributed by atoms with van der Waals surface area (Å²) in [5.74, 6) is -3.46. The van der Waals surface area contributed by atoms with Crippen LogP contribution < -0.4 is 5.32 Å². The highest BCUT2D eigenvalue weighted by Crippen LogP contribution is 2.54. The number of carboxylic acids is 1. The van der Waals surface area contributed by atoms with E-state index in [0.29, 0.717) is 4.24 Å². The van der Waals surface area contributed by atoms with Gasteiger partial charge in [0.2, 0.25) is 11.7 Å². The van der Waals surface area contributed by atoms with Crippen LogP contribution in [0.15, 0.2) is 14.9 Å². The molecule has 1 amide bonds. The molecule has 4 atom stereocenters. The average molecular weight is 397 g/mol. The van der Waals surface area contributed by atoms with Gasteiger partial charge in [-0.05, 0) is 6.92 Å². The van der Waals surface area contributed by atoms with Crippen LogP contribution in [0.4, 0.5) is 13.2 Å². The van der Waals surface area contributed by atoms with Gasteiger partial charge in [-0.2, -0.15) is 13.2 Å². The zero-order valence-electron chi connectivity index (χ0n) is 12.8. The zero-order chi connectivity index (χ0) is 18.5. The van der Waals surface area contributed by atoms with Gasteiger partial charge < -0.3 is 15.5 Å². The molecule has 0 aromatic rings. The van der Waals surface area contributed by atoms with E-state index in [9.17, 15) is 33.0 Å². The lowest BCUT2D eigenvalue weighted by atomic mass is 9.92. The molecule has 0 aromatic carbocycles. The number of carbonyl (C=O) groups is 2. The number of hydrogen-bond acceptors (Lipinski definition) is 7. The van der Waals surface area contributed by atoms with Gasteiger partial charge in [-0.3, -0.25) is 14.7 Å². The van der Waals surface area contributed by atoms with Crippen LogP contribution in [0, 0.1) is 5.92 Å². The maximum absolute atomic E-state index is 12.6. The molecule has 0 spiro atoms. The summed E-state index contributed by atoms with van der Waals surface area (Å²) in [7, 11) is 0. The van der Waals surface area contributed by atoms with E-state index >= 15 is 0 Å². The van der Waals surface area contributed by atoms with Crippen LogP contribution in [0.2, 0.25) is 0 Å². The lowest BCUT2D eigenvalue weighted by Gasteiger charge is -2.43. The molecule has 3 N–H and O–H groups in total. The number of carbonyl (C=O) groups excluding carboxylic acids is 1. The van der Waals surface area contributed by atoms with E-state index in [1.807, 2.05) is 0 Å². The van der Waals surface area contributed by atoms with E-state index in [0.717, 1.165) is 28.4 Å². The number of nitrogens with zero attached hydrogens (tertiary/aromatic N) is 2. The largest absolute Gasteiger partial charge is 0.477 e. The monoisotopic (exact) mass is 397 g/mol. The quantitative estimate of drug-likeness (QED) is 0.604. The molecule has 7 nitrogen and oxygen atoms in total. The highest BCUT2D eigenvalue weighted by atomic mass is 32.2. The zero-order valence-corrected chi connectivity index (χ0v) is 14.4. The van der Waals surface area contributed by atoms with Crippen molar-refractivity contribution in [3.05, 3.63) is 9.93 Å². The van der Waals surface area contributed by atoms with Crippen LogP contribution in [0.25, 0.3) is 0 Å². The molecule has 138 valence electrons. The first kappa shape index (κ1) is 18.4. The Kier molecular flexibility index (Phi) is 4.71. The maximum atomic E-state index is 12.6. The van der Waals surface area contributed by atoms with Crippen LogP contribution in [-0.2, 0) is 9.59 Å². The Bertz CT molecular complexity index is 680. The number of amides is 1. The summed E-state index contributed by atoms with van der Waals surface area (Å²) in [6, 6.07) is 0. The van der Waals surface area contributed by atoms with Crippen molar-refractivity contribution in [2.75, 3.05) is 13.1 Å². The van der Waals surface area contributed by atoms with Crippen molar-refractivity contribution in [2.24, 2.45) is 10.9 Å². The number of amidine groups is 1. The van der Waals surface area contributed by atoms with E-state index in [-0.39, 0.29) is 24.0 Å². The highest BCUT2D eigenvalue weighted by Gasteiger charge is 2.58. The van der Waals surface area contributed by atoms with Crippen LogP contribution in [0.1, 0.15) is 6.92 Å². The van der Waals surface area contributed by atoms with Crippen LogP contribution in [-0.4, -0.2) is 68.8 Å². The molecule has 12 heteroatoms. The number of β-lactam (4-membered cyclic amide) rings is 1. The van der Waals surface area contributed by atoms with Crippen molar-refractivity contribution in [1.29, 1.82) is 0 Å². The molecule has 3 aliphatic heterocycles. The molecule has 0 saturated carbocycles. The fraction of sp³-hybridized carbons (Fsp3) is 0.615. The summed E-state index contributed by atoms with van der Waals surface area (Å²) in [4.78, 5) is 28.2. The molecule has 1 saturated heterocycles. The summed E-state index contributed by atoms with van der Waals surface area (Å²) >= 11 is 2.24. The standard InChI is InChI=1S/C13H14F3N3O4S2/c1-4(20)6-8(21)19-7(10(22)23)11(25-9(6)19)24-5-2-17-12(18-3-5)13(14,15)16/h4-6,9,20H,2-3H2,1H3,(H,17,18)(H,22,23)/t4?,6?,9-/m1/s1. The number of nitrogens with one attached hydrogen (secondary N) is 1. The Hall–Kier alpha value is -1.40. The molecule has 3 unspecified atom stereocenters. The third-order valence-corrected chi connectivity index (χ3v) is 6.75. The van der Waals surface area contributed by atoms with Gasteiger partial charge in [0, 0.05) is 11.8 Å². The van der Waals surface area contributed by atoms with Gasteiger partial charge >= 0.3 is 12.1 Å². The van der Waals surface area contributed by atoms with E-state index < -0.39 is 41.3 Å². The van der Waals surface area contributed by atoms with Gasteiger partial charge in [0.05, 0.1) is 22.8 Å². The number of thioether (sulfide) groups is 2. The number of aliphatic hydroxyl groups is 1. The topological polar surface area (TPSA) is 102 Å². The van der Waals surface area contributed by atoms with Gasteiger partial charge in [0.15, 0.2) is 5.70 Å². The smallest absolute Gasteiger partial charge is 0.448 e. The third kappa shape index (κ3) is 3.22. The lowest BCUT2D eigenvalue weighted by molar-refractivity contribution is -0.156. The van der Waals surface area contributed by atoms with Crippen molar-refractivity contribution in [2.45, 2.75) is 29.8 Å². The minimum absolute atomic E-state index is 0.0155. The summed E-state index contributed by atoms with van der Waals surface area (Å²) < 4.78 is 38.0. The van der Waals surface area contributed by atoms with Crippen molar-refractivity contribution < 1.29 is 33.0 Å². The van der Waals surface area contributed by atoms with E-state index in [2.05, 4.69) is 10.3 Å². The summed E-state index contributed by atoms with van der Waals surface area (Å²) in [6.07, 6.45) is -5.44. The lowest BCUT2D eigenvalue weighted by Crippen LogP contribution is -2.60. The average Bonchev–Trinajstić information content (AvgIpc) is 2.81. The highest BCUT2D eigenvalue weighted by molar-refractivity contribution is 8.23. The Morgan fingerprint density at radius 2 is 2.20 bits per heavy atom. The Morgan fingerprint density at radius 1 is 1.52 bits per heavy atom. The number of aliphatic imine (C=N–C) groups is 1. The minimum Gasteiger partial charge on any atom is -0.477 e. The number of fused-ring (bicyclic) bond motifs is 1. The molecule has 0 aromatic heterocycles. The molecule has 0 radical (unpaired) electrons. The van der Waals surface area contributed by atoms with Crippen molar-refractivity contribution in [3.63, 3.8) is 0 Å². The second-order valence-electron chi connectivity index (χ2n) is 5.73. The number of rotatable bonds is 4. The van der Waals surface area contributed by atoms with Gasteiger partial charge in [0.1, 0.15) is 5.37 Å². The Morgan fingerprint density at radius 3 is 2.68 bits per heavy atom. The normalized spacial score (nSPS) is 30.4. The predicted octanol–water partition coefficient (Wildman–Crippen LogP) is 0.818. The molecule has 0 bridgehead atoms. The maximum Gasteiger partial charge on any atom is 0.448 e. The van der Waals surface area contributed by atoms with Gasteiger partial charge in [-0.25, -0.2) is 4.79 Å². The molecule has 3 aliphatic rings. The second-order valence-corrected chi connectivity index (χ2v) is 8.43. The molecule has 25 heavy (non-hydrogen) atoms.